The van der Waals surface area contributed by atoms with Gasteiger partial charge in [-0.2, -0.15) is 8.78 Å². The highest BCUT2D eigenvalue weighted by molar-refractivity contribution is 5.90. The molecule has 0 saturated carbocycles. The lowest BCUT2D eigenvalue weighted by Gasteiger charge is -2.43. The maximum absolute atomic E-state index is 15.4. The smallest absolute Gasteiger partial charge is 0.338 e. The minimum absolute atomic E-state index is 0.0222. The Kier molecular flexibility index (Phi) is 10.5. The van der Waals surface area contributed by atoms with Gasteiger partial charge in [0.15, 0.2) is 6.10 Å². The molecule has 11 heteroatoms. The van der Waals surface area contributed by atoms with Crippen molar-refractivity contribution in [1.82, 2.24) is 5.32 Å². The number of carbonyl (C=O) groups excluding carboxylic acids is 3. The van der Waals surface area contributed by atoms with Crippen LogP contribution < -0.4 is 10.1 Å². The lowest BCUT2D eigenvalue weighted by molar-refractivity contribution is -0.250. The molecule has 0 aromatic heterocycles. The summed E-state index contributed by atoms with van der Waals surface area (Å²) in [6, 6.07) is 25.3. The number of hydrogen-bond donors (Lipinski definition) is 1. The molecule has 1 aliphatic heterocycles. The van der Waals surface area contributed by atoms with Crippen LogP contribution in [-0.4, -0.2) is 49.0 Å². The van der Waals surface area contributed by atoms with Crippen molar-refractivity contribution < 1.29 is 46.5 Å². The summed E-state index contributed by atoms with van der Waals surface area (Å²) in [5, 5.41) is 2.13. The second kappa shape index (κ2) is 14.7. The Labute approximate surface area is 275 Å². The quantitative estimate of drug-likeness (QED) is 0.184. The fourth-order valence-corrected chi connectivity index (χ4v) is 5.33. The van der Waals surface area contributed by atoms with Gasteiger partial charge in [-0.1, -0.05) is 55.5 Å². The highest BCUT2D eigenvalue weighted by atomic mass is 19.3. The molecule has 4 aromatic rings. The first-order valence-electron chi connectivity index (χ1n) is 15.3. The van der Waals surface area contributed by atoms with E-state index >= 15 is 8.78 Å². The number of halogens is 3. The van der Waals surface area contributed by atoms with E-state index in [0.29, 0.717) is 0 Å². The number of amides is 1. The molecule has 0 unspecified atom stereocenters. The normalized spacial score (nSPS) is 20.8. The van der Waals surface area contributed by atoms with Crippen LogP contribution in [-0.2, 0) is 24.9 Å². The Morgan fingerprint density at radius 3 is 1.98 bits per heavy atom. The van der Waals surface area contributed by atoms with E-state index in [2.05, 4.69) is 5.32 Å². The van der Waals surface area contributed by atoms with Gasteiger partial charge in [-0.05, 0) is 72.6 Å². The molecule has 1 aliphatic rings. The molecule has 5 rings (SSSR count). The molecule has 1 saturated heterocycles. The van der Waals surface area contributed by atoms with Gasteiger partial charge in [0.25, 0.3) is 5.92 Å². The van der Waals surface area contributed by atoms with Crippen LogP contribution in [0.1, 0.15) is 47.1 Å². The van der Waals surface area contributed by atoms with Crippen LogP contribution >= 0.6 is 0 Å². The number of esters is 2. The summed E-state index contributed by atoms with van der Waals surface area (Å²) in [5.74, 6) is -6.66. The standard InChI is InChI=1S/C37H34F3NO7/c1-22-23(2)45-36(33(48-35(44)26-13-8-5-9-14-26)32(22)47-34(43)25-11-6-4-7-12-25)46-29-17-18-31(37(39,40)21-41-24(3)42)30(20-29)27-15-10-16-28(38)19-27/h4-20,22-23,32-33,36H,21H2,1-3H3,(H,41,42)/t22-,23-,32+,33+,36-/m0/s1. The summed E-state index contributed by atoms with van der Waals surface area (Å²) in [5.41, 5.74) is 0.0953. The summed E-state index contributed by atoms with van der Waals surface area (Å²) >= 11 is 0. The first-order valence-corrected chi connectivity index (χ1v) is 15.3. The second-order valence-electron chi connectivity index (χ2n) is 11.5. The zero-order valence-electron chi connectivity index (χ0n) is 26.4. The van der Waals surface area contributed by atoms with Gasteiger partial charge in [0.1, 0.15) is 11.6 Å². The second-order valence-corrected chi connectivity index (χ2v) is 11.5. The Morgan fingerprint density at radius 2 is 1.40 bits per heavy atom. The summed E-state index contributed by atoms with van der Waals surface area (Å²) in [4.78, 5) is 38.0. The van der Waals surface area contributed by atoms with Gasteiger partial charge in [0.05, 0.1) is 23.8 Å². The molecule has 8 nitrogen and oxygen atoms in total. The summed E-state index contributed by atoms with van der Waals surface area (Å²) in [6.45, 7) is 3.65. The third kappa shape index (κ3) is 8.03. The van der Waals surface area contributed by atoms with Gasteiger partial charge in [-0.25, -0.2) is 14.0 Å². The van der Waals surface area contributed by atoms with Crippen molar-refractivity contribution in [2.45, 2.75) is 51.3 Å². The minimum Gasteiger partial charge on any atom is -0.461 e. The Morgan fingerprint density at radius 1 is 0.792 bits per heavy atom. The van der Waals surface area contributed by atoms with Crippen LogP contribution in [0, 0.1) is 11.7 Å². The van der Waals surface area contributed by atoms with Crippen LogP contribution in [0.2, 0.25) is 0 Å². The van der Waals surface area contributed by atoms with Crippen molar-refractivity contribution in [2.75, 3.05) is 6.54 Å². The Hall–Kier alpha value is -5.16. The fourth-order valence-electron chi connectivity index (χ4n) is 5.33. The van der Waals surface area contributed by atoms with E-state index < -0.39 is 72.2 Å². The van der Waals surface area contributed by atoms with Crippen molar-refractivity contribution in [3.05, 3.63) is 126 Å². The third-order valence-electron chi connectivity index (χ3n) is 8.04. The molecular weight excluding hydrogens is 627 g/mol. The van der Waals surface area contributed by atoms with Crippen LogP contribution in [0.3, 0.4) is 0 Å². The fraction of sp³-hybridized carbons (Fsp3) is 0.270. The molecule has 1 heterocycles. The van der Waals surface area contributed by atoms with Gasteiger partial charge in [-0.15, -0.1) is 0 Å². The highest BCUT2D eigenvalue weighted by Crippen LogP contribution is 2.40. The van der Waals surface area contributed by atoms with E-state index in [1.54, 1.807) is 74.5 Å². The predicted molar refractivity (Wildman–Crippen MR) is 170 cm³/mol. The van der Waals surface area contributed by atoms with Gasteiger partial charge in [-0.3, -0.25) is 4.79 Å². The van der Waals surface area contributed by atoms with E-state index in [1.165, 1.54) is 30.3 Å². The van der Waals surface area contributed by atoms with Crippen molar-refractivity contribution in [3.8, 4) is 16.9 Å². The molecule has 1 N–H and O–H groups in total. The predicted octanol–water partition coefficient (Wildman–Crippen LogP) is 6.93. The maximum Gasteiger partial charge on any atom is 0.338 e. The van der Waals surface area contributed by atoms with Crippen molar-refractivity contribution in [3.63, 3.8) is 0 Å². The van der Waals surface area contributed by atoms with E-state index in [4.69, 9.17) is 18.9 Å². The summed E-state index contributed by atoms with van der Waals surface area (Å²) < 4.78 is 69.4. The number of alkyl halides is 2. The molecule has 1 amide bonds. The average molecular weight is 662 g/mol. The molecule has 0 aliphatic carbocycles. The van der Waals surface area contributed by atoms with E-state index in [0.717, 1.165) is 19.1 Å². The maximum atomic E-state index is 15.4. The Bertz CT molecular complexity index is 1750. The number of ether oxygens (including phenoxy) is 4. The van der Waals surface area contributed by atoms with Crippen LogP contribution in [0.5, 0.6) is 5.75 Å². The van der Waals surface area contributed by atoms with Crippen LogP contribution in [0.4, 0.5) is 13.2 Å². The summed E-state index contributed by atoms with van der Waals surface area (Å²) in [6.07, 6.45) is -4.26. The highest BCUT2D eigenvalue weighted by Gasteiger charge is 2.49. The Balaban J connectivity index is 1.52. The van der Waals surface area contributed by atoms with Crippen LogP contribution in [0.25, 0.3) is 11.1 Å². The van der Waals surface area contributed by atoms with E-state index in [9.17, 15) is 18.8 Å². The van der Waals surface area contributed by atoms with Crippen molar-refractivity contribution in [2.24, 2.45) is 5.92 Å². The van der Waals surface area contributed by atoms with Gasteiger partial charge >= 0.3 is 11.9 Å². The minimum atomic E-state index is -3.54. The van der Waals surface area contributed by atoms with Gasteiger partial charge in [0.2, 0.25) is 18.3 Å². The third-order valence-corrected chi connectivity index (χ3v) is 8.04. The monoisotopic (exact) mass is 661 g/mol. The lowest BCUT2D eigenvalue weighted by Crippen LogP contribution is -2.57. The average Bonchev–Trinajstić information content (AvgIpc) is 3.08. The van der Waals surface area contributed by atoms with E-state index in [1.807, 2.05) is 0 Å². The van der Waals surface area contributed by atoms with Crippen molar-refractivity contribution >= 4 is 17.8 Å². The number of benzene rings is 4. The number of rotatable bonds is 10. The van der Waals surface area contributed by atoms with Gasteiger partial charge < -0.3 is 24.3 Å². The molecule has 0 spiro atoms. The summed E-state index contributed by atoms with van der Waals surface area (Å²) in [7, 11) is 0. The molecule has 1 fully saturated rings. The topological polar surface area (TPSA) is 100 Å². The number of carbonyl (C=O) groups is 3. The van der Waals surface area contributed by atoms with E-state index in [-0.39, 0.29) is 28.0 Å². The SMILES string of the molecule is CC(=O)NCC(F)(F)c1ccc(O[C@@H]2O[C@@H](C)[C@H](C)[C@@H](OC(=O)c3ccccc3)[C@H]2OC(=O)c2ccccc2)cc1-c1cccc(F)c1. The molecule has 4 aromatic carbocycles. The first-order chi connectivity index (χ1) is 22.9. The zero-order valence-corrected chi connectivity index (χ0v) is 26.4. The van der Waals surface area contributed by atoms with Crippen molar-refractivity contribution in [1.29, 1.82) is 0 Å². The number of hydrogen-bond acceptors (Lipinski definition) is 7. The zero-order chi connectivity index (χ0) is 34.4. The lowest BCUT2D eigenvalue weighted by atomic mass is 9.91. The number of nitrogens with one attached hydrogen (secondary N) is 1. The largest absolute Gasteiger partial charge is 0.461 e. The molecule has 250 valence electrons. The molecular formula is C37H34F3NO7. The van der Waals surface area contributed by atoms with Gasteiger partial charge in [0, 0.05) is 18.4 Å². The molecule has 0 bridgehead atoms. The molecule has 5 atom stereocenters. The first kappa shape index (κ1) is 34.2. The molecule has 0 radical (unpaired) electrons. The molecule has 48 heavy (non-hydrogen) atoms. The van der Waals surface area contributed by atoms with Crippen LogP contribution in [0.15, 0.2) is 103 Å².